The lowest BCUT2D eigenvalue weighted by Crippen LogP contribution is -2.22. The molecule has 1 aromatic heterocycles. The number of aromatic nitrogens is 1. The lowest BCUT2D eigenvalue weighted by Gasteiger charge is -2.20. The van der Waals surface area contributed by atoms with E-state index in [0.29, 0.717) is 28.9 Å². The van der Waals surface area contributed by atoms with Crippen LogP contribution in [-0.2, 0) is 12.7 Å². The van der Waals surface area contributed by atoms with Crippen molar-refractivity contribution in [1.82, 2.24) is 9.88 Å². The van der Waals surface area contributed by atoms with E-state index in [1.165, 1.54) is 0 Å². The SMILES string of the molecule is CCN(CC)Cc1cc(Nc2cc(C(F)(F)F)nc3ccccc23)ccc1O. The molecule has 4 nitrogen and oxygen atoms in total. The van der Waals surface area contributed by atoms with E-state index >= 15 is 0 Å². The number of nitrogens with zero attached hydrogens (tertiary/aromatic N) is 2. The summed E-state index contributed by atoms with van der Waals surface area (Å²) >= 11 is 0. The van der Waals surface area contributed by atoms with E-state index in [-0.39, 0.29) is 11.3 Å². The Morgan fingerprint density at radius 1 is 1.04 bits per heavy atom. The maximum Gasteiger partial charge on any atom is 0.433 e. The van der Waals surface area contributed by atoms with Crippen LogP contribution in [-0.4, -0.2) is 28.1 Å². The van der Waals surface area contributed by atoms with Crippen molar-refractivity contribution in [2.24, 2.45) is 0 Å². The number of nitrogens with one attached hydrogen (secondary N) is 1. The highest BCUT2D eigenvalue weighted by Crippen LogP contribution is 2.35. The maximum atomic E-state index is 13.2. The number of hydrogen-bond acceptors (Lipinski definition) is 4. The number of fused-ring (bicyclic) bond motifs is 1. The van der Waals surface area contributed by atoms with Gasteiger partial charge < -0.3 is 10.4 Å². The Kier molecular flexibility index (Phi) is 5.74. The first-order valence-corrected chi connectivity index (χ1v) is 9.10. The molecule has 0 atom stereocenters. The number of aromatic hydroxyl groups is 1. The standard InChI is InChI=1S/C21H22F3N3O/c1-3-27(4-2)13-14-11-15(9-10-19(14)28)25-18-12-20(21(22,23)24)26-17-8-6-5-7-16(17)18/h5-12,28H,3-4,13H2,1-2H3,(H,25,26). The van der Waals surface area contributed by atoms with E-state index in [4.69, 9.17) is 0 Å². The average molecular weight is 389 g/mol. The largest absolute Gasteiger partial charge is 0.508 e. The average Bonchev–Trinajstić information content (AvgIpc) is 2.67. The van der Waals surface area contributed by atoms with Crippen molar-refractivity contribution >= 4 is 22.3 Å². The Bertz CT molecular complexity index is 969. The fourth-order valence-electron chi connectivity index (χ4n) is 3.06. The molecule has 2 aromatic carbocycles. The van der Waals surface area contributed by atoms with Crippen LogP contribution in [0.15, 0.2) is 48.5 Å². The molecule has 0 aliphatic carbocycles. The Hall–Kier alpha value is -2.80. The van der Waals surface area contributed by atoms with Crippen molar-refractivity contribution < 1.29 is 18.3 Å². The van der Waals surface area contributed by atoms with E-state index in [0.717, 1.165) is 19.2 Å². The Balaban J connectivity index is 2.00. The highest BCUT2D eigenvalue weighted by atomic mass is 19.4. The summed E-state index contributed by atoms with van der Waals surface area (Å²) in [5, 5.41) is 13.8. The number of para-hydroxylation sites is 1. The first-order valence-electron chi connectivity index (χ1n) is 9.10. The van der Waals surface area contributed by atoms with Crippen LogP contribution in [0.1, 0.15) is 25.1 Å². The topological polar surface area (TPSA) is 48.4 Å². The second-order valence-corrected chi connectivity index (χ2v) is 6.50. The first-order chi connectivity index (χ1) is 13.3. The minimum absolute atomic E-state index is 0.160. The molecule has 3 rings (SSSR count). The van der Waals surface area contributed by atoms with E-state index in [2.05, 4.69) is 15.2 Å². The van der Waals surface area contributed by atoms with Gasteiger partial charge in [-0.2, -0.15) is 13.2 Å². The van der Waals surface area contributed by atoms with Crippen LogP contribution < -0.4 is 5.32 Å². The van der Waals surface area contributed by atoms with Gasteiger partial charge in [-0.05, 0) is 43.4 Å². The highest BCUT2D eigenvalue weighted by molar-refractivity contribution is 5.93. The normalized spacial score (nSPS) is 11.9. The van der Waals surface area contributed by atoms with Crippen LogP contribution >= 0.6 is 0 Å². The van der Waals surface area contributed by atoms with Gasteiger partial charge in [0, 0.05) is 23.2 Å². The minimum atomic E-state index is -4.54. The minimum Gasteiger partial charge on any atom is -0.508 e. The molecule has 0 spiro atoms. The molecular weight excluding hydrogens is 367 g/mol. The van der Waals surface area contributed by atoms with Gasteiger partial charge in [-0.15, -0.1) is 0 Å². The van der Waals surface area contributed by atoms with Crippen molar-refractivity contribution in [3.8, 4) is 5.75 Å². The van der Waals surface area contributed by atoms with Crippen LogP contribution in [0.2, 0.25) is 0 Å². The number of pyridine rings is 1. The smallest absolute Gasteiger partial charge is 0.433 e. The van der Waals surface area contributed by atoms with Crippen molar-refractivity contribution in [2.75, 3.05) is 18.4 Å². The predicted octanol–water partition coefficient (Wildman–Crippen LogP) is 5.54. The van der Waals surface area contributed by atoms with Gasteiger partial charge in [0.1, 0.15) is 11.4 Å². The molecule has 0 unspecified atom stereocenters. The molecule has 0 fully saturated rings. The lowest BCUT2D eigenvalue weighted by atomic mass is 10.1. The molecule has 0 saturated heterocycles. The fourth-order valence-corrected chi connectivity index (χ4v) is 3.06. The molecule has 148 valence electrons. The summed E-state index contributed by atoms with van der Waals surface area (Å²) in [6.07, 6.45) is -4.54. The van der Waals surface area contributed by atoms with Gasteiger partial charge in [-0.25, -0.2) is 4.98 Å². The molecule has 0 radical (unpaired) electrons. The summed E-state index contributed by atoms with van der Waals surface area (Å²) < 4.78 is 39.7. The number of halogens is 3. The predicted molar refractivity (Wildman–Crippen MR) is 105 cm³/mol. The number of phenols is 1. The summed E-state index contributed by atoms with van der Waals surface area (Å²) in [6.45, 7) is 6.28. The van der Waals surface area contributed by atoms with Gasteiger partial charge in [0.05, 0.1) is 11.2 Å². The zero-order chi connectivity index (χ0) is 20.3. The summed E-state index contributed by atoms with van der Waals surface area (Å²) in [5.41, 5.74) is 0.947. The third kappa shape index (κ3) is 4.36. The third-order valence-corrected chi connectivity index (χ3v) is 4.65. The van der Waals surface area contributed by atoms with Crippen molar-refractivity contribution in [3.05, 3.63) is 59.8 Å². The quantitative estimate of drug-likeness (QED) is 0.543. The molecule has 28 heavy (non-hydrogen) atoms. The number of anilines is 2. The van der Waals surface area contributed by atoms with Crippen molar-refractivity contribution in [1.29, 1.82) is 0 Å². The number of hydrogen-bond donors (Lipinski definition) is 2. The number of benzene rings is 2. The van der Waals surface area contributed by atoms with Crippen LogP contribution in [0.4, 0.5) is 24.5 Å². The zero-order valence-corrected chi connectivity index (χ0v) is 15.7. The van der Waals surface area contributed by atoms with Crippen LogP contribution in [0.5, 0.6) is 5.75 Å². The molecule has 3 aromatic rings. The number of rotatable bonds is 6. The summed E-state index contributed by atoms with van der Waals surface area (Å²) in [4.78, 5) is 5.87. The molecule has 1 heterocycles. The van der Waals surface area contributed by atoms with E-state index < -0.39 is 11.9 Å². The number of phenolic OH excluding ortho intramolecular Hbond substituents is 1. The Morgan fingerprint density at radius 3 is 2.43 bits per heavy atom. The first kappa shape index (κ1) is 19.9. The van der Waals surface area contributed by atoms with Gasteiger partial charge in [0.15, 0.2) is 0 Å². The van der Waals surface area contributed by atoms with Gasteiger partial charge in [0.2, 0.25) is 0 Å². The van der Waals surface area contributed by atoms with Gasteiger partial charge >= 0.3 is 6.18 Å². The maximum absolute atomic E-state index is 13.2. The monoisotopic (exact) mass is 389 g/mol. The lowest BCUT2D eigenvalue weighted by molar-refractivity contribution is -0.140. The Morgan fingerprint density at radius 2 is 1.75 bits per heavy atom. The van der Waals surface area contributed by atoms with Crippen LogP contribution in [0, 0.1) is 0 Å². The second kappa shape index (κ2) is 8.06. The van der Waals surface area contributed by atoms with E-state index in [1.54, 1.807) is 42.5 Å². The molecular formula is C21H22F3N3O. The second-order valence-electron chi connectivity index (χ2n) is 6.50. The van der Waals surface area contributed by atoms with Crippen LogP contribution in [0.25, 0.3) is 10.9 Å². The van der Waals surface area contributed by atoms with Gasteiger partial charge in [-0.1, -0.05) is 32.0 Å². The number of alkyl halides is 3. The van der Waals surface area contributed by atoms with Crippen LogP contribution in [0.3, 0.4) is 0 Å². The summed E-state index contributed by atoms with van der Waals surface area (Å²) in [7, 11) is 0. The van der Waals surface area contributed by atoms with E-state index in [1.807, 2.05) is 13.8 Å². The molecule has 0 saturated carbocycles. The van der Waals surface area contributed by atoms with Gasteiger partial charge in [0.25, 0.3) is 0 Å². The van der Waals surface area contributed by atoms with Gasteiger partial charge in [-0.3, -0.25) is 4.90 Å². The molecule has 7 heteroatoms. The molecule has 0 aliphatic rings. The highest BCUT2D eigenvalue weighted by Gasteiger charge is 2.33. The third-order valence-electron chi connectivity index (χ3n) is 4.65. The Labute approximate surface area is 161 Å². The molecule has 0 bridgehead atoms. The van der Waals surface area contributed by atoms with Crippen molar-refractivity contribution in [2.45, 2.75) is 26.6 Å². The zero-order valence-electron chi connectivity index (χ0n) is 15.7. The summed E-state index contributed by atoms with van der Waals surface area (Å²) in [6, 6.07) is 12.7. The van der Waals surface area contributed by atoms with E-state index in [9.17, 15) is 18.3 Å². The molecule has 0 aliphatic heterocycles. The molecule has 0 amide bonds. The van der Waals surface area contributed by atoms with Crippen molar-refractivity contribution in [3.63, 3.8) is 0 Å². The fraction of sp³-hybridized carbons (Fsp3) is 0.286. The molecule has 2 N–H and O–H groups in total. The summed E-state index contributed by atoms with van der Waals surface area (Å²) in [5.74, 6) is 0.160.